The van der Waals surface area contributed by atoms with Crippen LogP contribution in [0.4, 0.5) is 0 Å². The fourth-order valence-electron chi connectivity index (χ4n) is 4.92. The van der Waals surface area contributed by atoms with Crippen molar-refractivity contribution in [2.75, 3.05) is 0 Å². The second-order valence-electron chi connectivity index (χ2n) is 8.22. The first-order valence-electron chi connectivity index (χ1n) is 10.8. The van der Waals surface area contributed by atoms with Crippen molar-refractivity contribution in [3.8, 4) is 39.5 Å². The summed E-state index contributed by atoms with van der Waals surface area (Å²) in [6.45, 7) is 0. The number of fused-ring (bicyclic) bond motifs is 3. The molecule has 0 saturated carbocycles. The molecule has 33 heavy (non-hydrogen) atoms. The Kier molecular flexibility index (Phi) is 4.24. The average Bonchev–Trinajstić information content (AvgIpc) is 2.84. The molecule has 0 fully saturated rings. The lowest BCUT2D eigenvalue weighted by atomic mass is 9.88. The zero-order chi connectivity index (χ0) is 22.5. The predicted octanol–water partition coefficient (Wildman–Crippen LogP) is 7.60. The number of phenols is 3. The molecule has 6 aromatic carbocycles. The summed E-state index contributed by atoms with van der Waals surface area (Å²) in [5, 5.41) is 37.6. The highest BCUT2D eigenvalue weighted by Crippen LogP contribution is 2.46. The Morgan fingerprint density at radius 2 is 0.970 bits per heavy atom. The van der Waals surface area contributed by atoms with E-state index >= 15 is 0 Å². The van der Waals surface area contributed by atoms with Gasteiger partial charge in [0.25, 0.3) is 0 Å². The molecule has 3 heteroatoms. The van der Waals surface area contributed by atoms with Crippen LogP contribution in [0.1, 0.15) is 0 Å². The highest BCUT2D eigenvalue weighted by atomic mass is 16.3. The summed E-state index contributed by atoms with van der Waals surface area (Å²) >= 11 is 0. The second kappa shape index (κ2) is 7.28. The minimum atomic E-state index is 0.150. The Hall–Kier alpha value is -4.50. The van der Waals surface area contributed by atoms with Gasteiger partial charge >= 0.3 is 0 Å². The maximum Gasteiger partial charge on any atom is 0.124 e. The average molecular weight is 428 g/mol. The molecule has 0 heterocycles. The minimum absolute atomic E-state index is 0.150. The number of rotatable bonds is 2. The third-order valence-electron chi connectivity index (χ3n) is 6.37. The smallest absolute Gasteiger partial charge is 0.124 e. The van der Waals surface area contributed by atoms with Crippen molar-refractivity contribution in [3.63, 3.8) is 0 Å². The molecule has 0 atom stereocenters. The van der Waals surface area contributed by atoms with E-state index in [1.165, 1.54) is 0 Å². The van der Waals surface area contributed by atoms with Gasteiger partial charge in [-0.15, -0.1) is 0 Å². The molecular formula is C30H20O3. The molecule has 0 aliphatic rings. The monoisotopic (exact) mass is 428 g/mol. The molecule has 6 aromatic rings. The highest BCUT2D eigenvalue weighted by molar-refractivity contribution is 6.15. The van der Waals surface area contributed by atoms with Crippen LogP contribution in [-0.2, 0) is 0 Å². The summed E-state index contributed by atoms with van der Waals surface area (Å²) in [5.74, 6) is 0.535. The maximum absolute atomic E-state index is 11.0. The van der Waals surface area contributed by atoms with Crippen LogP contribution in [0.15, 0.2) is 103 Å². The summed E-state index contributed by atoms with van der Waals surface area (Å²) in [6.07, 6.45) is 0. The lowest BCUT2D eigenvalue weighted by Crippen LogP contribution is -1.90. The van der Waals surface area contributed by atoms with Crippen LogP contribution in [0.2, 0.25) is 0 Å². The van der Waals surface area contributed by atoms with Gasteiger partial charge in [0.15, 0.2) is 0 Å². The highest BCUT2D eigenvalue weighted by Gasteiger charge is 2.18. The number of aromatic hydroxyl groups is 3. The lowest BCUT2D eigenvalue weighted by Gasteiger charge is -2.17. The van der Waals surface area contributed by atoms with Gasteiger partial charge in [0.05, 0.1) is 0 Å². The first-order valence-corrected chi connectivity index (χ1v) is 10.8. The number of hydrogen-bond acceptors (Lipinski definition) is 3. The summed E-state index contributed by atoms with van der Waals surface area (Å²) in [7, 11) is 0. The molecule has 0 saturated heterocycles. The van der Waals surface area contributed by atoms with Crippen molar-refractivity contribution >= 4 is 32.3 Å². The summed E-state index contributed by atoms with van der Waals surface area (Å²) in [6, 6.07) is 32.3. The van der Waals surface area contributed by atoms with Gasteiger partial charge in [0, 0.05) is 16.3 Å². The van der Waals surface area contributed by atoms with Crippen LogP contribution in [0.25, 0.3) is 54.6 Å². The van der Waals surface area contributed by atoms with Gasteiger partial charge in [-0.05, 0) is 56.4 Å². The Balaban J connectivity index is 1.74. The summed E-state index contributed by atoms with van der Waals surface area (Å²) < 4.78 is 0. The first kappa shape index (κ1) is 19.2. The van der Waals surface area contributed by atoms with E-state index in [1.807, 2.05) is 84.9 Å². The van der Waals surface area contributed by atoms with E-state index in [2.05, 4.69) is 0 Å². The molecule has 3 N–H and O–H groups in total. The molecule has 158 valence electrons. The van der Waals surface area contributed by atoms with E-state index in [0.29, 0.717) is 5.39 Å². The molecule has 0 bridgehead atoms. The fraction of sp³-hybridized carbons (Fsp3) is 0. The minimum Gasteiger partial charge on any atom is -0.507 e. The standard InChI is InChI=1S/C30H20O3/c31-25-12-4-8-19-7-3-10-21(28(19)25)23-15-16-24(22-11-5-13-26(32)30(22)23)29-20-9-2-1-6-18(20)14-17-27(29)33/h1-17,31-33H. The Morgan fingerprint density at radius 1 is 0.364 bits per heavy atom. The first-order chi connectivity index (χ1) is 16.1. The third kappa shape index (κ3) is 2.90. The van der Waals surface area contributed by atoms with Crippen LogP contribution in [0, 0.1) is 0 Å². The van der Waals surface area contributed by atoms with Crippen LogP contribution in [0.5, 0.6) is 17.2 Å². The third-order valence-corrected chi connectivity index (χ3v) is 6.37. The summed E-state index contributed by atoms with van der Waals surface area (Å²) in [5.41, 5.74) is 3.23. The van der Waals surface area contributed by atoms with Gasteiger partial charge in [-0.1, -0.05) is 84.9 Å². The second-order valence-corrected chi connectivity index (χ2v) is 8.22. The molecule has 0 amide bonds. The van der Waals surface area contributed by atoms with Crippen molar-refractivity contribution in [2.45, 2.75) is 0 Å². The Morgan fingerprint density at radius 3 is 1.82 bits per heavy atom. The molecule has 3 nitrogen and oxygen atoms in total. The van der Waals surface area contributed by atoms with Crippen molar-refractivity contribution < 1.29 is 15.3 Å². The molecule has 0 aliphatic carbocycles. The van der Waals surface area contributed by atoms with E-state index in [-0.39, 0.29) is 17.2 Å². The van der Waals surface area contributed by atoms with E-state index < -0.39 is 0 Å². The van der Waals surface area contributed by atoms with Gasteiger partial charge in [0.1, 0.15) is 17.2 Å². The number of hydrogen-bond donors (Lipinski definition) is 3. The van der Waals surface area contributed by atoms with Gasteiger partial charge in [-0.3, -0.25) is 0 Å². The molecule has 6 rings (SSSR count). The Bertz CT molecular complexity index is 1690. The zero-order valence-electron chi connectivity index (χ0n) is 17.7. The topological polar surface area (TPSA) is 60.7 Å². The number of benzene rings is 6. The zero-order valence-corrected chi connectivity index (χ0v) is 17.7. The van der Waals surface area contributed by atoms with Crippen molar-refractivity contribution in [2.24, 2.45) is 0 Å². The normalized spacial score (nSPS) is 11.4. The van der Waals surface area contributed by atoms with Crippen molar-refractivity contribution in [3.05, 3.63) is 103 Å². The molecule has 0 aromatic heterocycles. The molecule has 0 spiro atoms. The quantitative estimate of drug-likeness (QED) is 0.266. The number of phenolic OH excluding ortho intramolecular Hbond substituents is 3. The van der Waals surface area contributed by atoms with E-state index in [1.54, 1.807) is 18.2 Å². The van der Waals surface area contributed by atoms with Crippen molar-refractivity contribution in [1.29, 1.82) is 0 Å². The molecule has 0 radical (unpaired) electrons. The summed E-state index contributed by atoms with van der Waals surface area (Å²) in [4.78, 5) is 0. The van der Waals surface area contributed by atoms with Gasteiger partial charge < -0.3 is 15.3 Å². The van der Waals surface area contributed by atoms with Crippen LogP contribution >= 0.6 is 0 Å². The molecule has 0 aliphatic heterocycles. The van der Waals surface area contributed by atoms with Gasteiger partial charge in [-0.2, -0.15) is 0 Å². The molecule has 0 unspecified atom stereocenters. The van der Waals surface area contributed by atoms with E-state index in [9.17, 15) is 15.3 Å². The van der Waals surface area contributed by atoms with Crippen molar-refractivity contribution in [1.82, 2.24) is 0 Å². The Labute approximate surface area is 190 Å². The van der Waals surface area contributed by atoms with E-state index in [0.717, 1.165) is 49.2 Å². The van der Waals surface area contributed by atoms with Gasteiger partial charge in [-0.25, -0.2) is 0 Å². The SMILES string of the molecule is Oc1ccc2ccccc2c1-c1ccc(-c2cccc3cccc(O)c23)c2c(O)cccc12. The fourth-order valence-corrected chi connectivity index (χ4v) is 4.92. The van der Waals surface area contributed by atoms with E-state index in [4.69, 9.17) is 0 Å². The molecular weight excluding hydrogens is 408 g/mol. The van der Waals surface area contributed by atoms with Crippen LogP contribution in [-0.4, -0.2) is 15.3 Å². The van der Waals surface area contributed by atoms with Crippen LogP contribution < -0.4 is 0 Å². The lowest BCUT2D eigenvalue weighted by molar-refractivity contribution is 0.478. The maximum atomic E-state index is 11.0. The largest absolute Gasteiger partial charge is 0.507 e. The van der Waals surface area contributed by atoms with Gasteiger partial charge in [0.2, 0.25) is 0 Å². The predicted molar refractivity (Wildman–Crippen MR) is 135 cm³/mol. The van der Waals surface area contributed by atoms with Crippen LogP contribution in [0.3, 0.4) is 0 Å².